The van der Waals surface area contributed by atoms with Gasteiger partial charge < -0.3 is 5.32 Å². The SMILES string of the molecule is CCCn1c(Sc2cc(NC)ncn2)n[nH]c1=O. The Kier molecular flexibility index (Phi) is 3.98. The molecule has 0 radical (unpaired) electrons. The number of aromatic nitrogens is 5. The van der Waals surface area contributed by atoms with Crippen molar-refractivity contribution in [3.05, 3.63) is 22.9 Å². The maximum atomic E-state index is 11.5. The van der Waals surface area contributed by atoms with Crippen molar-refractivity contribution in [2.24, 2.45) is 0 Å². The molecule has 96 valence electrons. The summed E-state index contributed by atoms with van der Waals surface area (Å²) >= 11 is 1.33. The van der Waals surface area contributed by atoms with E-state index in [-0.39, 0.29) is 5.69 Å². The average molecular weight is 266 g/mol. The molecule has 0 unspecified atom stereocenters. The van der Waals surface area contributed by atoms with Gasteiger partial charge in [0, 0.05) is 19.7 Å². The van der Waals surface area contributed by atoms with E-state index in [0.29, 0.717) is 11.7 Å². The highest BCUT2D eigenvalue weighted by atomic mass is 32.2. The van der Waals surface area contributed by atoms with Gasteiger partial charge in [0.05, 0.1) is 0 Å². The molecule has 0 amide bonds. The zero-order valence-electron chi connectivity index (χ0n) is 10.2. The summed E-state index contributed by atoms with van der Waals surface area (Å²) in [5, 5.41) is 10.7. The van der Waals surface area contributed by atoms with Crippen molar-refractivity contribution in [2.45, 2.75) is 30.1 Å². The Morgan fingerprint density at radius 2 is 2.33 bits per heavy atom. The molecular formula is C10H14N6OS. The van der Waals surface area contributed by atoms with Crippen molar-refractivity contribution in [2.75, 3.05) is 12.4 Å². The fourth-order valence-corrected chi connectivity index (χ4v) is 2.26. The van der Waals surface area contributed by atoms with E-state index < -0.39 is 0 Å². The van der Waals surface area contributed by atoms with Crippen molar-refractivity contribution in [3.63, 3.8) is 0 Å². The highest BCUT2D eigenvalue weighted by Gasteiger charge is 2.10. The van der Waals surface area contributed by atoms with E-state index in [4.69, 9.17) is 0 Å². The van der Waals surface area contributed by atoms with Crippen molar-refractivity contribution in [1.82, 2.24) is 24.7 Å². The molecule has 0 spiro atoms. The number of nitrogens with one attached hydrogen (secondary N) is 2. The maximum absolute atomic E-state index is 11.5. The summed E-state index contributed by atoms with van der Waals surface area (Å²) in [7, 11) is 1.79. The van der Waals surface area contributed by atoms with Crippen LogP contribution in [0.1, 0.15) is 13.3 Å². The van der Waals surface area contributed by atoms with Crippen LogP contribution in [-0.4, -0.2) is 31.8 Å². The van der Waals surface area contributed by atoms with Crippen LogP contribution in [0, 0.1) is 0 Å². The summed E-state index contributed by atoms with van der Waals surface area (Å²) in [5.41, 5.74) is -0.192. The van der Waals surface area contributed by atoms with Crippen LogP contribution in [0.15, 0.2) is 27.4 Å². The van der Waals surface area contributed by atoms with Gasteiger partial charge in [-0.15, -0.1) is 5.10 Å². The molecule has 0 saturated heterocycles. The molecule has 2 aromatic rings. The molecule has 0 bridgehead atoms. The van der Waals surface area contributed by atoms with Gasteiger partial charge >= 0.3 is 5.69 Å². The Balaban J connectivity index is 2.25. The van der Waals surface area contributed by atoms with E-state index in [0.717, 1.165) is 17.3 Å². The third-order valence-corrected chi connectivity index (χ3v) is 3.19. The topological polar surface area (TPSA) is 88.5 Å². The van der Waals surface area contributed by atoms with Crippen molar-refractivity contribution < 1.29 is 0 Å². The molecule has 2 aromatic heterocycles. The molecule has 2 N–H and O–H groups in total. The normalized spacial score (nSPS) is 10.6. The Morgan fingerprint density at radius 3 is 3.06 bits per heavy atom. The van der Waals surface area contributed by atoms with E-state index in [1.807, 2.05) is 6.92 Å². The predicted molar refractivity (Wildman–Crippen MR) is 68.8 cm³/mol. The smallest absolute Gasteiger partial charge is 0.343 e. The molecule has 0 fully saturated rings. The van der Waals surface area contributed by atoms with Crippen molar-refractivity contribution in [1.29, 1.82) is 0 Å². The molecule has 0 aromatic carbocycles. The number of nitrogens with zero attached hydrogens (tertiary/aromatic N) is 4. The lowest BCUT2D eigenvalue weighted by molar-refractivity contribution is 0.603. The lowest BCUT2D eigenvalue weighted by Crippen LogP contribution is -2.17. The second-order valence-electron chi connectivity index (χ2n) is 3.56. The first kappa shape index (κ1) is 12.6. The molecular weight excluding hydrogens is 252 g/mol. The average Bonchev–Trinajstić information content (AvgIpc) is 2.72. The van der Waals surface area contributed by atoms with Crippen molar-refractivity contribution >= 4 is 17.6 Å². The first-order valence-electron chi connectivity index (χ1n) is 5.57. The van der Waals surface area contributed by atoms with Gasteiger partial charge in [0.15, 0.2) is 5.16 Å². The summed E-state index contributed by atoms with van der Waals surface area (Å²) in [6, 6.07) is 1.81. The molecule has 0 atom stereocenters. The van der Waals surface area contributed by atoms with E-state index in [9.17, 15) is 4.79 Å². The molecule has 18 heavy (non-hydrogen) atoms. The first-order chi connectivity index (χ1) is 8.74. The minimum Gasteiger partial charge on any atom is -0.373 e. The summed E-state index contributed by atoms with van der Waals surface area (Å²) in [6.45, 7) is 2.65. The number of anilines is 1. The number of rotatable bonds is 5. The van der Waals surface area contributed by atoms with E-state index >= 15 is 0 Å². The van der Waals surface area contributed by atoms with Gasteiger partial charge in [-0.3, -0.25) is 4.57 Å². The van der Waals surface area contributed by atoms with Crippen LogP contribution in [0.25, 0.3) is 0 Å². The number of hydrogen-bond donors (Lipinski definition) is 2. The van der Waals surface area contributed by atoms with Crippen molar-refractivity contribution in [3.8, 4) is 0 Å². The van der Waals surface area contributed by atoms with Crippen LogP contribution in [-0.2, 0) is 6.54 Å². The molecule has 0 aliphatic rings. The van der Waals surface area contributed by atoms with Crippen LogP contribution in [0.3, 0.4) is 0 Å². The fourth-order valence-electron chi connectivity index (χ4n) is 1.43. The highest BCUT2D eigenvalue weighted by Crippen LogP contribution is 2.23. The summed E-state index contributed by atoms with van der Waals surface area (Å²) in [5.74, 6) is 0.729. The highest BCUT2D eigenvalue weighted by molar-refractivity contribution is 7.99. The van der Waals surface area contributed by atoms with Gasteiger partial charge in [-0.25, -0.2) is 19.9 Å². The molecule has 0 saturated carbocycles. The largest absolute Gasteiger partial charge is 0.373 e. The van der Waals surface area contributed by atoms with Crippen LogP contribution in [0.2, 0.25) is 0 Å². The minimum absolute atomic E-state index is 0.192. The number of aromatic amines is 1. The van der Waals surface area contributed by atoms with Crippen LogP contribution < -0.4 is 11.0 Å². The zero-order chi connectivity index (χ0) is 13.0. The van der Waals surface area contributed by atoms with E-state index in [2.05, 4.69) is 25.5 Å². The van der Waals surface area contributed by atoms with Crippen LogP contribution in [0.5, 0.6) is 0 Å². The van der Waals surface area contributed by atoms with Gasteiger partial charge in [0.2, 0.25) is 0 Å². The third-order valence-electron chi connectivity index (χ3n) is 2.26. The van der Waals surface area contributed by atoms with Gasteiger partial charge in [-0.2, -0.15) is 0 Å². The fraction of sp³-hybridized carbons (Fsp3) is 0.400. The number of H-pyrrole nitrogens is 1. The Morgan fingerprint density at radius 1 is 1.50 bits per heavy atom. The van der Waals surface area contributed by atoms with Crippen LogP contribution >= 0.6 is 11.8 Å². The van der Waals surface area contributed by atoms with E-state index in [1.54, 1.807) is 17.7 Å². The summed E-state index contributed by atoms with van der Waals surface area (Å²) in [4.78, 5) is 19.7. The molecule has 2 heterocycles. The summed E-state index contributed by atoms with van der Waals surface area (Å²) < 4.78 is 1.60. The lowest BCUT2D eigenvalue weighted by Gasteiger charge is -2.04. The minimum atomic E-state index is -0.192. The Hall–Kier alpha value is -1.83. The standard InChI is InChI=1S/C10H14N6OS/c1-3-4-16-9(17)14-15-10(16)18-8-5-7(11-2)12-6-13-8/h5-6H,3-4H2,1-2H3,(H,14,17)(H,11,12,13). The van der Waals surface area contributed by atoms with Gasteiger partial charge in [-0.1, -0.05) is 6.92 Å². The molecule has 8 heteroatoms. The second-order valence-corrected chi connectivity index (χ2v) is 4.54. The van der Waals surface area contributed by atoms with Gasteiger partial charge in [0.1, 0.15) is 17.2 Å². The lowest BCUT2D eigenvalue weighted by atomic mass is 10.5. The monoisotopic (exact) mass is 266 g/mol. The van der Waals surface area contributed by atoms with E-state index in [1.165, 1.54) is 18.1 Å². The maximum Gasteiger partial charge on any atom is 0.343 e. The third kappa shape index (κ3) is 2.70. The molecule has 7 nitrogen and oxygen atoms in total. The second kappa shape index (κ2) is 5.67. The van der Waals surface area contributed by atoms with Gasteiger partial charge in [-0.05, 0) is 18.2 Å². The van der Waals surface area contributed by atoms with Gasteiger partial charge in [0.25, 0.3) is 0 Å². The predicted octanol–water partition coefficient (Wildman–Crippen LogP) is 0.964. The quantitative estimate of drug-likeness (QED) is 0.784. The first-order valence-corrected chi connectivity index (χ1v) is 6.39. The summed E-state index contributed by atoms with van der Waals surface area (Å²) in [6.07, 6.45) is 2.35. The Labute approximate surface area is 108 Å². The Bertz CT molecular complexity index is 578. The molecule has 0 aliphatic carbocycles. The van der Waals surface area contributed by atoms with Crippen LogP contribution in [0.4, 0.5) is 5.82 Å². The zero-order valence-corrected chi connectivity index (χ0v) is 11.0. The molecule has 2 rings (SSSR count). The number of hydrogen-bond acceptors (Lipinski definition) is 6. The molecule has 0 aliphatic heterocycles.